The third-order valence-electron chi connectivity index (χ3n) is 7.13. The number of hydrogen-bond donors (Lipinski definition) is 2. The lowest BCUT2D eigenvalue weighted by atomic mass is 9.96. The van der Waals surface area contributed by atoms with E-state index in [4.69, 9.17) is 0 Å². The Labute approximate surface area is 354 Å². The number of amides is 2. The van der Waals surface area contributed by atoms with Gasteiger partial charge in [-0.05, 0) is 98.1 Å². The molecular formula is C37H42N6O4S8. The molecule has 0 aliphatic heterocycles. The fraction of sp³-hybridized carbons (Fsp3) is 0.351. The molecule has 18 heteroatoms. The van der Waals surface area contributed by atoms with Crippen LogP contribution in [0.1, 0.15) is 44.9 Å². The summed E-state index contributed by atoms with van der Waals surface area (Å²) in [5.74, 6) is 1.91. The van der Waals surface area contributed by atoms with Crippen molar-refractivity contribution < 1.29 is 19.2 Å². The number of carbonyl (C=O) groups is 4. The van der Waals surface area contributed by atoms with Gasteiger partial charge in [0.25, 0.3) is 0 Å². The number of ketones is 2. The average molecular weight is 891 g/mol. The van der Waals surface area contributed by atoms with Gasteiger partial charge in [0.05, 0.1) is 0 Å². The zero-order chi connectivity index (χ0) is 38.8. The topological polar surface area (TPSA) is 144 Å². The van der Waals surface area contributed by atoms with Gasteiger partial charge in [0.15, 0.2) is 0 Å². The number of nitrogens with one attached hydrogen (secondary N) is 2. The number of aromatic nitrogens is 4. The second-order valence-corrected chi connectivity index (χ2v) is 21.3. The molecule has 0 aromatic carbocycles. The van der Waals surface area contributed by atoms with Crippen molar-refractivity contribution in [3.63, 3.8) is 0 Å². The molecule has 2 atom stereocenters. The third-order valence-corrected chi connectivity index (χ3v) is 16.2. The summed E-state index contributed by atoms with van der Waals surface area (Å²) in [4.78, 5) is 70.3. The molecule has 4 rings (SSSR count). The summed E-state index contributed by atoms with van der Waals surface area (Å²) in [6.45, 7) is 0. The maximum Gasteiger partial charge on any atom is 0.221 e. The molecule has 55 heavy (non-hydrogen) atoms. The summed E-state index contributed by atoms with van der Waals surface area (Å²) in [5, 5.41) is 9.60. The van der Waals surface area contributed by atoms with Crippen LogP contribution in [-0.4, -0.2) is 78.4 Å². The van der Waals surface area contributed by atoms with Gasteiger partial charge in [-0.1, -0.05) is 67.4 Å². The molecule has 4 aromatic rings. The minimum Gasteiger partial charge on any atom is -0.353 e. The number of carbonyl (C=O) groups excluding carboxylic acids is 4. The highest BCUT2D eigenvalue weighted by Gasteiger charge is 2.24. The smallest absolute Gasteiger partial charge is 0.221 e. The van der Waals surface area contributed by atoms with Crippen LogP contribution in [0.25, 0.3) is 0 Å². The highest BCUT2D eigenvalue weighted by molar-refractivity contribution is 8.77. The fourth-order valence-electron chi connectivity index (χ4n) is 4.66. The monoisotopic (exact) mass is 890 g/mol. The van der Waals surface area contributed by atoms with Gasteiger partial charge < -0.3 is 10.6 Å². The van der Waals surface area contributed by atoms with E-state index in [1.807, 2.05) is 72.8 Å². The number of nitrogens with zero attached hydrogens (tertiary/aromatic N) is 4. The van der Waals surface area contributed by atoms with Gasteiger partial charge in [-0.3, -0.25) is 19.2 Å². The van der Waals surface area contributed by atoms with Crippen molar-refractivity contribution >= 4 is 110 Å². The molecule has 0 bridgehead atoms. The normalized spacial score (nSPS) is 12.1. The van der Waals surface area contributed by atoms with E-state index in [1.54, 1.807) is 46.4 Å². The van der Waals surface area contributed by atoms with Crippen LogP contribution >= 0.6 is 86.4 Å². The summed E-state index contributed by atoms with van der Waals surface area (Å²) >= 11 is 0. The molecule has 4 heterocycles. The predicted molar refractivity (Wildman–Crippen MR) is 236 cm³/mol. The van der Waals surface area contributed by atoms with Crippen LogP contribution in [0.4, 0.5) is 0 Å². The van der Waals surface area contributed by atoms with Crippen molar-refractivity contribution in [2.45, 2.75) is 77.1 Å². The van der Waals surface area contributed by atoms with Crippen molar-refractivity contribution in [2.24, 2.45) is 0 Å². The molecule has 2 unspecified atom stereocenters. The second kappa shape index (κ2) is 28.1. The van der Waals surface area contributed by atoms with Crippen LogP contribution in [0, 0.1) is 0 Å². The van der Waals surface area contributed by atoms with Crippen molar-refractivity contribution in [1.82, 2.24) is 30.6 Å². The van der Waals surface area contributed by atoms with E-state index in [2.05, 4.69) is 30.6 Å². The van der Waals surface area contributed by atoms with Crippen LogP contribution in [0.2, 0.25) is 0 Å². The van der Waals surface area contributed by atoms with Crippen molar-refractivity contribution in [1.29, 1.82) is 0 Å². The highest BCUT2D eigenvalue weighted by Crippen LogP contribution is 2.32. The number of rotatable bonds is 28. The Bertz CT molecular complexity index is 1460. The van der Waals surface area contributed by atoms with Crippen molar-refractivity contribution in [3.05, 3.63) is 97.6 Å². The standard InChI is InChI=1S/C37H42N6O4S8/c44-30(13-21-48-52-34-9-1-5-17-38-34)26-28(42-32(46)15-23-50-54-36-11-3-7-19-40-36)25-29(27-31(45)14-22-49-53-35-10-2-6-18-39-35)43-33(47)16-24-51-55-37-12-4-8-20-41-37/h1-12,17-20,28-29H,13-16,21-27H2,(H,42,46)(H,43,47). The van der Waals surface area contributed by atoms with Gasteiger partial charge in [-0.2, -0.15) is 0 Å². The minimum atomic E-state index is -0.553. The first-order chi connectivity index (χ1) is 26.9. The molecule has 4 aromatic heterocycles. The van der Waals surface area contributed by atoms with E-state index in [0.717, 1.165) is 20.1 Å². The Kier molecular flexibility index (Phi) is 23.2. The molecule has 0 radical (unpaired) electrons. The second-order valence-electron chi connectivity index (χ2n) is 11.5. The molecule has 0 spiro atoms. The maximum atomic E-state index is 13.3. The van der Waals surface area contributed by atoms with Crippen LogP contribution in [0.3, 0.4) is 0 Å². The summed E-state index contributed by atoms with van der Waals surface area (Å²) in [7, 11) is 12.2. The molecule has 0 saturated heterocycles. The Morgan fingerprint density at radius 2 is 0.764 bits per heavy atom. The number of hydrogen-bond acceptors (Lipinski definition) is 16. The zero-order valence-corrected chi connectivity index (χ0v) is 36.4. The van der Waals surface area contributed by atoms with Crippen molar-refractivity contribution in [2.75, 3.05) is 23.0 Å². The highest BCUT2D eigenvalue weighted by atomic mass is 33.1. The predicted octanol–water partition coefficient (Wildman–Crippen LogP) is 9.17. The molecule has 0 saturated carbocycles. The number of Topliss-reactive ketones (excluding diaryl/α,β-unsaturated/α-hetero) is 2. The largest absolute Gasteiger partial charge is 0.353 e. The van der Waals surface area contributed by atoms with Gasteiger partial charge in [-0.15, -0.1) is 0 Å². The lowest BCUT2D eigenvalue weighted by molar-refractivity contribution is -0.122. The van der Waals surface area contributed by atoms with E-state index < -0.39 is 12.1 Å². The fourth-order valence-corrected chi connectivity index (χ4v) is 12.2. The van der Waals surface area contributed by atoms with Gasteiger partial charge in [-0.25, -0.2) is 19.9 Å². The van der Waals surface area contributed by atoms with Gasteiger partial charge in [0, 0.05) is 98.4 Å². The zero-order valence-electron chi connectivity index (χ0n) is 29.9. The maximum absolute atomic E-state index is 13.3. The molecule has 2 N–H and O–H groups in total. The molecule has 10 nitrogen and oxygen atoms in total. The van der Waals surface area contributed by atoms with E-state index in [9.17, 15) is 19.2 Å². The number of pyridine rings is 4. The Balaban J connectivity index is 1.34. The quantitative estimate of drug-likeness (QED) is 0.0413. The van der Waals surface area contributed by atoms with Crippen LogP contribution < -0.4 is 10.6 Å². The first-order valence-corrected chi connectivity index (χ1v) is 26.6. The Morgan fingerprint density at radius 3 is 1.05 bits per heavy atom. The minimum absolute atomic E-state index is 0.00167. The summed E-state index contributed by atoms with van der Waals surface area (Å²) in [6, 6.07) is 21.7. The molecule has 0 fully saturated rings. The van der Waals surface area contributed by atoms with Crippen LogP contribution in [0.15, 0.2) is 118 Å². The average Bonchev–Trinajstić information content (AvgIpc) is 3.20. The summed E-state index contributed by atoms with van der Waals surface area (Å²) in [5.41, 5.74) is 0. The lowest BCUT2D eigenvalue weighted by Crippen LogP contribution is -2.45. The van der Waals surface area contributed by atoms with Crippen molar-refractivity contribution in [3.8, 4) is 0 Å². The van der Waals surface area contributed by atoms with Crippen LogP contribution in [0.5, 0.6) is 0 Å². The molecule has 2 amide bonds. The molecular weight excluding hydrogens is 849 g/mol. The van der Waals surface area contributed by atoms with Gasteiger partial charge in [0.1, 0.15) is 31.7 Å². The summed E-state index contributed by atoms with van der Waals surface area (Å²) in [6.07, 6.45) is 8.52. The SMILES string of the molecule is O=C(CCSSc1ccccn1)CC(CC(CC(=O)CCSSc1ccccn1)NC(=O)CCSSc1ccccn1)NC(=O)CCSSc1ccccn1. The molecule has 0 aliphatic rings. The first-order valence-electron chi connectivity index (χ1n) is 17.4. The Morgan fingerprint density at radius 1 is 0.455 bits per heavy atom. The molecule has 292 valence electrons. The molecule has 0 aliphatic carbocycles. The van der Waals surface area contributed by atoms with Gasteiger partial charge in [0.2, 0.25) is 11.8 Å². The third kappa shape index (κ3) is 21.1. The summed E-state index contributed by atoms with van der Waals surface area (Å²) < 4.78 is 0. The Hall–Kier alpha value is -2.32. The van der Waals surface area contributed by atoms with E-state index in [-0.39, 0.29) is 55.5 Å². The van der Waals surface area contributed by atoms with E-state index in [0.29, 0.717) is 35.9 Å². The lowest BCUT2D eigenvalue weighted by Gasteiger charge is -2.25. The van der Waals surface area contributed by atoms with Crippen LogP contribution in [-0.2, 0) is 19.2 Å². The van der Waals surface area contributed by atoms with E-state index in [1.165, 1.54) is 64.8 Å². The van der Waals surface area contributed by atoms with E-state index >= 15 is 0 Å². The first kappa shape index (κ1) is 45.4. The van der Waals surface area contributed by atoms with Gasteiger partial charge >= 0.3 is 0 Å².